The summed E-state index contributed by atoms with van der Waals surface area (Å²) in [5.41, 5.74) is 2.49. The zero-order chi connectivity index (χ0) is 12.5. The zero-order valence-electron chi connectivity index (χ0n) is 9.39. The van der Waals surface area contributed by atoms with Crippen molar-refractivity contribution in [3.63, 3.8) is 0 Å². The molecule has 0 aromatic heterocycles. The zero-order valence-corrected chi connectivity index (χ0v) is 10.2. The molecule has 0 unspecified atom stereocenters. The fourth-order valence-corrected chi connectivity index (χ4v) is 1.77. The number of ether oxygens (including phenoxy) is 1. The lowest BCUT2D eigenvalue weighted by Gasteiger charge is -2.09. The number of benzene rings is 1. The van der Waals surface area contributed by atoms with Crippen LogP contribution in [0.3, 0.4) is 0 Å². The van der Waals surface area contributed by atoms with Crippen LogP contribution in [0.1, 0.15) is 10.4 Å². The number of para-hydroxylation sites is 1. The van der Waals surface area contributed by atoms with Gasteiger partial charge in [-0.25, -0.2) is 5.84 Å². The van der Waals surface area contributed by atoms with Crippen molar-refractivity contribution in [2.45, 2.75) is 0 Å². The number of carbonyl (C=O) groups is 1. The molecule has 1 amide bonds. The molecule has 4 N–H and O–H groups in total. The van der Waals surface area contributed by atoms with Crippen LogP contribution in [0.25, 0.3) is 0 Å². The van der Waals surface area contributed by atoms with Crippen LogP contribution < -0.4 is 16.0 Å². The average Bonchev–Trinajstić information content (AvgIpc) is 2.38. The SMILES string of the molecule is NNC(=O)c1ccccc1OCCSCCO. The topological polar surface area (TPSA) is 84.6 Å². The van der Waals surface area contributed by atoms with Crippen molar-refractivity contribution in [3.05, 3.63) is 29.8 Å². The summed E-state index contributed by atoms with van der Waals surface area (Å²) in [6.07, 6.45) is 0. The molecule has 6 heteroatoms. The summed E-state index contributed by atoms with van der Waals surface area (Å²) in [4.78, 5) is 11.4. The number of thioether (sulfide) groups is 1. The third kappa shape index (κ3) is 4.64. The minimum Gasteiger partial charge on any atom is -0.492 e. The molecule has 5 nitrogen and oxygen atoms in total. The number of nitrogen functional groups attached to an aromatic ring is 1. The van der Waals surface area contributed by atoms with E-state index in [2.05, 4.69) is 5.43 Å². The number of hydrogen-bond acceptors (Lipinski definition) is 5. The summed E-state index contributed by atoms with van der Waals surface area (Å²) < 4.78 is 5.49. The van der Waals surface area contributed by atoms with Crippen molar-refractivity contribution < 1.29 is 14.6 Å². The Labute approximate surface area is 104 Å². The van der Waals surface area contributed by atoms with E-state index < -0.39 is 0 Å². The van der Waals surface area contributed by atoms with Gasteiger partial charge in [0.25, 0.3) is 5.91 Å². The van der Waals surface area contributed by atoms with Crippen LogP contribution in [0.2, 0.25) is 0 Å². The number of rotatable bonds is 7. The Balaban J connectivity index is 2.49. The summed E-state index contributed by atoms with van der Waals surface area (Å²) in [6.45, 7) is 0.649. The van der Waals surface area contributed by atoms with E-state index in [1.807, 2.05) is 0 Å². The van der Waals surface area contributed by atoms with Crippen LogP contribution in [-0.2, 0) is 0 Å². The van der Waals surface area contributed by atoms with Gasteiger partial charge in [0.2, 0.25) is 0 Å². The third-order valence-electron chi connectivity index (χ3n) is 1.98. The standard InChI is InChI=1S/C11H16N2O3S/c12-13-11(15)9-3-1-2-4-10(9)16-6-8-17-7-5-14/h1-4,14H,5-8,12H2,(H,13,15). The number of amides is 1. The number of carbonyl (C=O) groups excluding carboxylic acids is 1. The van der Waals surface area contributed by atoms with E-state index >= 15 is 0 Å². The van der Waals surface area contributed by atoms with Gasteiger partial charge < -0.3 is 9.84 Å². The Kier molecular flexibility index (Phi) is 6.46. The molecule has 0 radical (unpaired) electrons. The fourth-order valence-electron chi connectivity index (χ4n) is 1.24. The molecular formula is C11H16N2O3S. The van der Waals surface area contributed by atoms with Crippen LogP contribution in [0.5, 0.6) is 5.75 Å². The van der Waals surface area contributed by atoms with Crippen molar-refractivity contribution in [2.75, 3.05) is 24.7 Å². The van der Waals surface area contributed by atoms with Crippen molar-refractivity contribution in [1.82, 2.24) is 5.43 Å². The second-order valence-electron chi connectivity index (χ2n) is 3.15. The molecule has 17 heavy (non-hydrogen) atoms. The minimum absolute atomic E-state index is 0.164. The number of nitrogens with one attached hydrogen (secondary N) is 1. The number of nitrogens with two attached hydrogens (primary N) is 1. The Hall–Kier alpha value is -1.24. The van der Waals surface area contributed by atoms with E-state index in [1.54, 1.807) is 36.0 Å². The predicted molar refractivity (Wildman–Crippen MR) is 68.0 cm³/mol. The second-order valence-corrected chi connectivity index (χ2v) is 4.38. The summed E-state index contributed by atoms with van der Waals surface area (Å²) in [7, 11) is 0. The Morgan fingerprint density at radius 2 is 2.18 bits per heavy atom. The van der Waals surface area contributed by atoms with Gasteiger partial charge in [-0.2, -0.15) is 11.8 Å². The largest absolute Gasteiger partial charge is 0.492 e. The highest BCUT2D eigenvalue weighted by Crippen LogP contribution is 2.17. The van der Waals surface area contributed by atoms with E-state index in [-0.39, 0.29) is 12.5 Å². The third-order valence-corrected chi connectivity index (χ3v) is 2.91. The van der Waals surface area contributed by atoms with Crippen molar-refractivity contribution >= 4 is 17.7 Å². The Morgan fingerprint density at radius 3 is 2.88 bits per heavy atom. The van der Waals surface area contributed by atoms with Gasteiger partial charge in [0.1, 0.15) is 5.75 Å². The maximum absolute atomic E-state index is 11.4. The lowest BCUT2D eigenvalue weighted by atomic mass is 10.2. The molecule has 1 aromatic carbocycles. The second kappa shape index (κ2) is 7.94. The molecule has 0 heterocycles. The summed E-state index contributed by atoms with van der Waals surface area (Å²) in [6, 6.07) is 6.92. The van der Waals surface area contributed by atoms with Crippen LogP contribution in [0.4, 0.5) is 0 Å². The van der Waals surface area contributed by atoms with Gasteiger partial charge in [0, 0.05) is 11.5 Å². The maximum Gasteiger partial charge on any atom is 0.268 e. The molecule has 0 saturated heterocycles. The van der Waals surface area contributed by atoms with E-state index in [1.165, 1.54) is 0 Å². The lowest BCUT2D eigenvalue weighted by molar-refractivity contribution is 0.0950. The summed E-state index contributed by atoms with van der Waals surface area (Å²) in [5.74, 6) is 6.67. The van der Waals surface area contributed by atoms with Gasteiger partial charge in [-0.15, -0.1) is 0 Å². The van der Waals surface area contributed by atoms with Crippen LogP contribution in [0, 0.1) is 0 Å². The molecule has 0 atom stereocenters. The first kappa shape index (κ1) is 13.8. The first-order valence-corrected chi connectivity index (χ1v) is 6.36. The van der Waals surface area contributed by atoms with Crippen LogP contribution in [-0.4, -0.2) is 35.7 Å². The van der Waals surface area contributed by atoms with E-state index in [0.717, 1.165) is 5.75 Å². The monoisotopic (exact) mass is 256 g/mol. The number of hydrogen-bond donors (Lipinski definition) is 3. The Morgan fingerprint density at radius 1 is 1.41 bits per heavy atom. The highest BCUT2D eigenvalue weighted by Gasteiger charge is 2.09. The molecule has 0 saturated carbocycles. The van der Waals surface area contributed by atoms with E-state index in [9.17, 15) is 4.79 Å². The number of aliphatic hydroxyl groups excluding tert-OH is 1. The lowest BCUT2D eigenvalue weighted by Crippen LogP contribution is -2.30. The van der Waals surface area contributed by atoms with Crippen molar-refractivity contribution in [1.29, 1.82) is 0 Å². The first-order valence-electron chi connectivity index (χ1n) is 5.21. The molecule has 0 bridgehead atoms. The number of hydrazine groups is 1. The molecule has 1 aromatic rings. The van der Waals surface area contributed by atoms with E-state index in [4.69, 9.17) is 15.7 Å². The predicted octanol–water partition coefficient (Wildman–Crippen LogP) is 0.394. The van der Waals surface area contributed by atoms with Gasteiger partial charge in [-0.1, -0.05) is 12.1 Å². The van der Waals surface area contributed by atoms with Gasteiger partial charge >= 0.3 is 0 Å². The molecule has 0 aliphatic rings. The van der Waals surface area contributed by atoms with E-state index in [0.29, 0.717) is 23.7 Å². The normalized spacial score (nSPS) is 10.0. The van der Waals surface area contributed by atoms with Crippen molar-refractivity contribution in [3.8, 4) is 5.75 Å². The summed E-state index contributed by atoms with van der Waals surface area (Å²) in [5, 5.41) is 8.60. The average molecular weight is 256 g/mol. The quantitative estimate of drug-likeness (QED) is 0.284. The van der Waals surface area contributed by atoms with Gasteiger partial charge in [0.05, 0.1) is 18.8 Å². The molecule has 0 fully saturated rings. The maximum atomic E-state index is 11.4. The Bertz CT molecular complexity index is 360. The van der Waals surface area contributed by atoms with Crippen molar-refractivity contribution in [2.24, 2.45) is 5.84 Å². The smallest absolute Gasteiger partial charge is 0.268 e. The number of aliphatic hydroxyl groups is 1. The van der Waals surface area contributed by atoms with Gasteiger partial charge in [0.15, 0.2) is 0 Å². The van der Waals surface area contributed by atoms with Gasteiger partial charge in [-0.05, 0) is 12.1 Å². The highest BCUT2D eigenvalue weighted by molar-refractivity contribution is 7.99. The molecule has 0 aliphatic heterocycles. The first-order chi connectivity index (χ1) is 8.29. The summed E-state index contributed by atoms with van der Waals surface area (Å²) >= 11 is 1.59. The van der Waals surface area contributed by atoms with Crippen LogP contribution in [0.15, 0.2) is 24.3 Å². The highest BCUT2D eigenvalue weighted by atomic mass is 32.2. The molecule has 0 aliphatic carbocycles. The molecule has 1 rings (SSSR count). The molecular weight excluding hydrogens is 240 g/mol. The molecule has 94 valence electrons. The minimum atomic E-state index is -0.372. The fraction of sp³-hybridized carbons (Fsp3) is 0.364. The van der Waals surface area contributed by atoms with Crippen LogP contribution >= 0.6 is 11.8 Å². The van der Waals surface area contributed by atoms with Gasteiger partial charge in [-0.3, -0.25) is 10.2 Å². The molecule has 0 spiro atoms.